The zero-order valence-electron chi connectivity index (χ0n) is 14.5. The van der Waals surface area contributed by atoms with Crippen molar-refractivity contribution in [1.82, 2.24) is 20.0 Å². The summed E-state index contributed by atoms with van der Waals surface area (Å²) in [6.07, 6.45) is 0. The molecule has 130 valence electrons. The molecule has 1 aromatic carbocycles. The van der Waals surface area contributed by atoms with Gasteiger partial charge in [0.05, 0.1) is 20.8 Å². The minimum atomic E-state index is 0.498. The van der Waals surface area contributed by atoms with Gasteiger partial charge >= 0.3 is 0 Å². The Labute approximate surface area is 142 Å². The fraction of sp³-hybridized carbons (Fsp3) is 0.529. The Kier molecular flexibility index (Phi) is 5.32. The van der Waals surface area contributed by atoms with Crippen LogP contribution in [0, 0.1) is 0 Å². The van der Waals surface area contributed by atoms with E-state index in [1.165, 1.54) is 0 Å². The van der Waals surface area contributed by atoms with E-state index < -0.39 is 0 Å². The predicted octanol–water partition coefficient (Wildman–Crippen LogP) is 1.89. The molecule has 1 aliphatic rings. The highest BCUT2D eigenvalue weighted by atomic mass is 16.5. The number of piperazine rings is 1. The molecule has 0 atom stereocenters. The normalized spacial score (nSPS) is 16.3. The van der Waals surface area contributed by atoms with Crippen molar-refractivity contribution in [2.24, 2.45) is 0 Å². The Balaban J connectivity index is 1.67. The monoisotopic (exact) mass is 332 g/mol. The summed E-state index contributed by atoms with van der Waals surface area (Å²) >= 11 is 0. The van der Waals surface area contributed by atoms with Crippen LogP contribution >= 0.6 is 0 Å². The van der Waals surface area contributed by atoms with E-state index in [9.17, 15) is 0 Å². The van der Waals surface area contributed by atoms with Crippen molar-refractivity contribution in [3.8, 4) is 23.0 Å². The van der Waals surface area contributed by atoms with Gasteiger partial charge in [0.1, 0.15) is 0 Å². The molecule has 0 N–H and O–H groups in total. The van der Waals surface area contributed by atoms with Gasteiger partial charge in [-0.2, -0.15) is 0 Å². The van der Waals surface area contributed by atoms with E-state index in [1.54, 1.807) is 14.2 Å². The number of benzene rings is 1. The third-order valence-electron chi connectivity index (χ3n) is 4.37. The standard InChI is InChI=1S/C17H24N4O3/c1-4-20-7-9-21(10-8-20)12-16-18-19-17(24-16)13-5-6-14(22-2)15(11-13)23-3/h5-6,11H,4,7-10,12H2,1-3H3. The number of ether oxygens (including phenoxy) is 2. The maximum Gasteiger partial charge on any atom is 0.247 e. The summed E-state index contributed by atoms with van der Waals surface area (Å²) in [5.41, 5.74) is 0.821. The number of methoxy groups -OCH3 is 2. The highest BCUT2D eigenvalue weighted by Crippen LogP contribution is 2.31. The van der Waals surface area contributed by atoms with Gasteiger partial charge in [-0.25, -0.2) is 0 Å². The van der Waals surface area contributed by atoms with Gasteiger partial charge in [0.25, 0.3) is 0 Å². The van der Waals surface area contributed by atoms with E-state index in [4.69, 9.17) is 13.9 Å². The van der Waals surface area contributed by atoms with Crippen molar-refractivity contribution in [1.29, 1.82) is 0 Å². The second-order valence-corrected chi connectivity index (χ2v) is 5.78. The molecule has 1 aromatic heterocycles. The highest BCUT2D eigenvalue weighted by molar-refractivity contribution is 5.59. The predicted molar refractivity (Wildman–Crippen MR) is 90.2 cm³/mol. The fourth-order valence-electron chi connectivity index (χ4n) is 2.86. The lowest BCUT2D eigenvalue weighted by Crippen LogP contribution is -2.45. The summed E-state index contributed by atoms with van der Waals surface area (Å²) < 4.78 is 16.4. The Hall–Kier alpha value is -2.12. The first-order valence-electron chi connectivity index (χ1n) is 8.23. The molecule has 7 heteroatoms. The molecule has 0 amide bonds. The van der Waals surface area contributed by atoms with Gasteiger partial charge < -0.3 is 18.8 Å². The fourth-order valence-corrected chi connectivity index (χ4v) is 2.86. The highest BCUT2D eigenvalue weighted by Gasteiger charge is 2.18. The van der Waals surface area contributed by atoms with Crippen LogP contribution in [-0.2, 0) is 6.54 Å². The molecule has 1 aliphatic heterocycles. The summed E-state index contributed by atoms with van der Waals surface area (Å²) in [6.45, 7) is 8.24. The Morgan fingerprint density at radius 3 is 2.38 bits per heavy atom. The van der Waals surface area contributed by atoms with Gasteiger partial charge in [-0.3, -0.25) is 4.90 Å². The van der Waals surface area contributed by atoms with Crippen molar-refractivity contribution >= 4 is 0 Å². The van der Waals surface area contributed by atoms with Crippen LogP contribution in [0.15, 0.2) is 22.6 Å². The van der Waals surface area contributed by atoms with Gasteiger partial charge in [-0.05, 0) is 24.7 Å². The Bertz CT molecular complexity index is 666. The number of hydrogen-bond acceptors (Lipinski definition) is 7. The van der Waals surface area contributed by atoms with Crippen molar-refractivity contribution in [3.05, 3.63) is 24.1 Å². The van der Waals surface area contributed by atoms with Crippen LogP contribution in [0.1, 0.15) is 12.8 Å². The Morgan fingerprint density at radius 1 is 1.00 bits per heavy atom. The quantitative estimate of drug-likeness (QED) is 0.800. The van der Waals surface area contributed by atoms with Crippen molar-refractivity contribution in [2.75, 3.05) is 46.9 Å². The molecule has 24 heavy (non-hydrogen) atoms. The molecule has 1 fully saturated rings. The molecule has 0 bridgehead atoms. The van der Waals surface area contributed by atoms with Gasteiger partial charge in [0, 0.05) is 31.7 Å². The lowest BCUT2D eigenvalue weighted by Gasteiger charge is -2.33. The molecule has 0 aliphatic carbocycles. The molecule has 0 spiro atoms. The number of rotatable bonds is 6. The molecule has 2 heterocycles. The van der Waals surface area contributed by atoms with Crippen LogP contribution in [0.25, 0.3) is 11.5 Å². The maximum atomic E-state index is 5.82. The van der Waals surface area contributed by atoms with Gasteiger partial charge in [-0.15, -0.1) is 10.2 Å². The van der Waals surface area contributed by atoms with E-state index >= 15 is 0 Å². The molecule has 0 saturated carbocycles. The van der Waals surface area contributed by atoms with Crippen LogP contribution in [-0.4, -0.2) is 66.9 Å². The molecular weight excluding hydrogens is 308 g/mol. The minimum Gasteiger partial charge on any atom is -0.493 e. The van der Waals surface area contributed by atoms with Gasteiger partial charge in [0.15, 0.2) is 11.5 Å². The first-order valence-corrected chi connectivity index (χ1v) is 8.23. The number of hydrogen-bond donors (Lipinski definition) is 0. The van der Waals surface area contributed by atoms with Gasteiger partial charge in [0.2, 0.25) is 11.8 Å². The molecule has 2 aromatic rings. The molecule has 0 unspecified atom stereocenters. The van der Waals surface area contributed by atoms with Crippen molar-refractivity contribution < 1.29 is 13.9 Å². The SMILES string of the molecule is CCN1CCN(Cc2nnc(-c3ccc(OC)c(OC)c3)o2)CC1. The smallest absolute Gasteiger partial charge is 0.247 e. The lowest BCUT2D eigenvalue weighted by atomic mass is 10.2. The zero-order chi connectivity index (χ0) is 16.9. The Morgan fingerprint density at radius 2 is 1.71 bits per heavy atom. The molecular formula is C17H24N4O3. The summed E-state index contributed by atoms with van der Waals surface area (Å²) in [6, 6.07) is 5.57. The largest absolute Gasteiger partial charge is 0.493 e. The van der Waals surface area contributed by atoms with Crippen LogP contribution in [0.4, 0.5) is 0 Å². The summed E-state index contributed by atoms with van der Waals surface area (Å²) in [4.78, 5) is 4.79. The van der Waals surface area contributed by atoms with Crippen molar-refractivity contribution in [2.45, 2.75) is 13.5 Å². The average Bonchev–Trinajstić information content (AvgIpc) is 3.10. The van der Waals surface area contributed by atoms with E-state index in [0.29, 0.717) is 29.8 Å². The second-order valence-electron chi connectivity index (χ2n) is 5.78. The zero-order valence-corrected chi connectivity index (χ0v) is 14.5. The number of nitrogens with zero attached hydrogens (tertiary/aromatic N) is 4. The van der Waals surface area contributed by atoms with E-state index in [-0.39, 0.29) is 0 Å². The maximum absolute atomic E-state index is 5.82. The second kappa shape index (κ2) is 7.63. The van der Waals surface area contributed by atoms with Crippen LogP contribution in [0.2, 0.25) is 0 Å². The first kappa shape index (κ1) is 16.7. The van der Waals surface area contributed by atoms with E-state index in [1.807, 2.05) is 18.2 Å². The summed E-state index contributed by atoms with van der Waals surface area (Å²) in [5.74, 6) is 2.46. The minimum absolute atomic E-state index is 0.498. The third-order valence-corrected chi connectivity index (χ3v) is 4.37. The molecule has 0 radical (unpaired) electrons. The lowest BCUT2D eigenvalue weighted by molar-refractivity contribution is 0.124. The molecule has 3 rings (SSSR count). The number of likely N-dealkylation sites (N-methyl/N-ethyl adjacent to an activating group) is 1. The topological polar surface area (TPSA) is 63.9 Å². The summed E-state index contributed by atoms with van der Waals surface area (Å²) in [7, 11) is 3.22. The molecule has 1 saturated heterocycles. The van der Waals surface area contributed by atoms with E-state index in [2.05, 4.69) is 26.9 Å². The van der Waals surface area contributed by atoms with Crippen LogP contribution < -0.4 is 9.47 Å². The first-order chi connectivity index (χ1) is 11.7. The van der Waals surface area contributed by atoms with Crippen molar-refractivity contribution in [3.63, 3.8) is 0 Å². The van der Waals surface area contributed by atoms with Crippen LogP contribution in [0.3, 0.4) is 0 Å². The number of aromatic nitrogens is 2. The van der Waals surface area contributed by atoms with Crippen LogP contribution in [0.5, 0.6) is 11.5 Å². The average molecular weight is 332 g/mol. The molecule has 7 nitrogen and oxygen atoms in total. The third kappa shape index (κ3) is 3.68. The van der Waals surface area contributed by atoms with E-state index in [0.717, 1.165) is 38.3 Å². The summed E-state index contributed by atoms with van der Waals surface area (Å²) in [5, 5.41) is 8.34. The van der Waals surface area contributed by atoms with Gasteiger partial charge in [-0.1, -0.05) is 6.92 Å².